The summed E-state index contributed by atoms with van der Waals surface area (Å²) < 4.78 is 18.0. The van der Waals surface area contributed by atoms with E-state index in [0.29, 0.717) is 23.9 Å². The first-order valence-corrected chi connectivity index (χ1v) is 10.6. The van der Waals surface area contributed by atoms with Crippen LogP contribution in [0, 0.1) is 29.1 Å². The molecule has 0 aromatic carbocycles. The molecule has 0 aliphatic heterocycles. The van der Waals surface area contributed by atoms with E-state index < -0.39 is 0 Å². The third kappa shape index (κ3) is 5.68. The molecule has 3 heteroatoms. The fourth-order valence-corrected chi connectivity index (χ4v) is 5.35. The monoisotopic (exact) mass is 354 g/mol. The van der Waals surface area contributed by atoms with Crippen LogP contribution in [0.5, 0.6) is 0 Å². The molecule has 0 bridgehead atoms. The average Bonchev–Trinajstić information content (AvgIpc) is 2.61. The van der Waals surface area contributed by atoms with Crippen molar-refractivity contribution in [3.05, 3.63) is 0 Å². The second-order valence-corrected chi connectivity index (χ2v) is 9.24. The molecule has 0 aromatic heterocycles. The molecule has 3 atom stereocenters. The van der Waals surface area contributed by atoms with E-state index in [1.54, 1.807) is 0 Å². The number of hydrogen-bond acceptors (Lipinski definition) is 3. The molecular weight excluding hydrogens is 312 g/mol. The summed E-state index contributed by atoms with van der Waals surface area (Å²) in [5, 5.41) is 0. The van der Waals surface area contributed by atoms with E-state index in [4.69, 9.17) is 14.2 Å². The quantitative estimate of drug-likeness (QED) is 0.560. The number of ether oxygens (including phenoxy) is 3. The zero-order valence-electron chi connectivity index (χ0n) is 17.4. The highest BCUT2D eigenvalue weighted by molar-refractivity contribution is 4.90. The summed E-state index contributed by atoms with van der Waals surface area (Å²) in [7, 11) is 3.65. The van der Waals surface area contributed by atoms with Gasteiger partial charge < -0.3 is 14.2 Å². The van der Waals surface area contributed by atoms with Gasteiger partial charge >= 0.3 is 0 Å². The van der Waals surface area contributed by atoms with E-state index in [2.05, 4.69) is 20.8 Å². The molecule has 0 heterocycles. The third-order valence-corrected chi connectivity index (χ3v) is 6.87. The van der Waals surface area contributed by atoms with Crippen LogP contribution in [0.4, 0.5) is 0 Å². The predicted molar refractivity (Wildman–Crippen MR) is 104 cm³/mol. The SMILES string of the molecule is COCC(COC)(COC1CCC(C)CC1C(C)C)C1CCCCC1. The van der Waals surface area contributed by atoms with Crippen molar-refractivity contribution in [2.75, 3.05) is 34.0 Å². The highest BCUT2D eigenvalue weighted by Crippen LogP contribution is 2.42. The second-order valence-electron chi connectivity index (χ2n) is 9.24. The zero-order valence-corrected chi connectivity index (χ0v) is 17.4. The lowest BCUT2D eigenvalue weighted by Crippen LogP contribution is -2.46. The van der Waals surface area contributed by atoms with Crippen molar-refractivity contribution in [2.24, 2.45) is 29.1 Å². The summed E-state index contributed by atoms with van der Waals surface area (Å²) in [6, 6.07) is 0. The highest BCUT2D eigenvalue weighted by atomic mass is 16.5. The van der Waals surface area contributed by atoms with E-state index in [0.717, 1.165) is 25.7 Å². The maximum Gasteiger partial charge on any atom is 0.0606 e. The minimum Gasteiger partial charge on any atom is -0.384 e. The lowest BCUT2D eigenvalue weighted by atomic mass is 9.69. The summed E-state index contributed by atoms with van der Waals surface area (Å²) in [6.45, 7) is 9.41. The molecule has 0 amide bonds. The van der Waals surface area contributed by atoms with Crippen LogP contribution in [0.3, 0.4) is 0 Å². The largest absolute Gasteiger partial charge is 0.384 e. The van der Waals surface area contributed by atoms with Gasteiger partial charge in [0.05, 0.1) is 25.9 Å². The van der Waals surface area contributed by atoms with Gasteiger partial charge in [-0.2, -0.15) is 0 Å². The van der Waals surface area contributed by atoms with Gasteiger partial charge in [-0.05, 0) is 55.8 Å². The Hall–Kier alpha value is -0.120. The van der Waals surface area contributed by atoms with Crippen molar-refractivity contribution in [3.8, 4) is 0 Å². The summed E-state index contributed by atoms with van der Waals surface area (Å²) in [6.07, 6.45) is 10.9. The Bertz CT molecular complexity index is 356. The molecule has 25 heavy (non-hydrogen) atoms. The van der Waals surface area contributed by atoms with Crippen LogP contribution >= 0.6 is 0 Å². The molecule has 0 N–H and O–H groups in total. The number of hydrogen-bond donors (Lipinski definition) is 0. The van der Waals surface area contributed by atoms with Gasteiger partial charge in [-0.15, -0.1) is 0 Å². The fraction of sp³-hybridized carbons (Fsp3) is 1.00. The van der Waals surface area contributed by atoms with Crippen molar-refractivity contribution in [1.82, 2.24) is 0 Å². The van der Waals surface area contributed by atoms with Crippen LogP contribution in [0.2, 0.25) is 0 Å². The van der Waals surface area contributed by atoms with Gasteiger partial charge in [-0.3, -0.25) is 0 Å². The van der Waals surface area contributed by atoms with Crippen LogP contribution in [-0.2, 0) is 14.2 Å². The van der Waals surface area contributed by atoms with Crippen LogP contribution in [0.1, 0.15) is 72.1 Å². The molecule has 0 spiro atoms. The van der Waals surface area contributed by atoms with Crippen molar-refractivity contribution in [2.45, 2.75) is 78.2 Å². The van der Waals surface area contributed by atoms with E-state index in [1.807, 2.05) is 14.2 Å². The standard InChI is InChI=1S/C22H42O3/c1-17(2)20-13-18(3)11-12-21(20)25-16-22(14-23-4,15-24-5)19-9-7-6-8-10-19/h17-21H,6-16H2,1-5H3. The fourth-order valence-electron chi connectivity index (χ4n) is 5.35. The molecule has 3 nitrogen and oxygen atoms in total. The molecule has 2 aliphatic rings. The van der Waals surface area contributed by atoms with Gasteiger partial charge in [0.25, 0.3) is 0 Å². The average molecular weight is 355 g/mol. The van der Waals surface area contributed by atoms with E-state index in [1.165, 1.54) is 51.4 Å². The smallest absolute Gasteiger partial charge is 0.0606 e. The summed E-state index contributed by atoms with van der Waals surface area (Å²) >= 11 is 0. The van der Waals surface area contributed by atoms with Gasteiger partial charge in [0.1, 0.15) is 0 Å². The van der Waals surface area contributed by atoms with Crippen molar-refractivity contribution in [1.29, 1.82) is 0 Å². The summed E-state index contributed by atoms with van der Waals surface area (Å²) in [5.74, 6) is 2.90. The maximum atomic E-state index is 6.67. The van der Waals surface area contributed by atoms with E-state index in [-0.39, 0.29) is 5.41 Å². The van der Waals surface area contributed by atoms with Crippen LogP contribution in [0.25, 0.3) is 0 Å². The van der Waals surface area contributed by atoms with Crippen LogP contribution in [0.15, 0.2) is 0 Å². The first-order chi connectivity index (χ1) is 12.0. The van der Waals surface area contributed by atoms with E-state index >= 15 is 0 Å². The Balaban J connectivity index is 2.06. The van der Waals surface area contributed by atoms with Gasteiger partial charge in [0.15, 0.2) is 0 Å². The maximum absolute atomic E-state index is 6.67. The summed E-state index contributed by atoms with van der Waals surface area (Å²) in [5.41, 5.74) is 0.0223. The minimum absolute atomic E-state index is 0.0223. The van der Waals surface area contributed by atoms with Gasteiger partial charge in [0.2, 0.25) is 0 Å². The topological polar surface area (TPSA) is 27.7 Å². The normalized spacial score (nSPS) is 29.3. The van der Waals surface area contributed by atoms with Crippen molar-refractivity contribution < 1.29 is 14.2 Å². The minimum atomic E-state index is 0.0223. The molecule has 0 saturated heterocycles. The highest BCUT2D eigenvalue weighted by Gasteiger charge is 2.42. The van der Waals surface area contributed by atoms with Crippen molar-refractivity contribution in [3.63, 3.8) is 0 Å². The lowest BCUT2D eigenvalue weighted by Gasteiger charge is -2.44. The Morgan fingerprint density at radius 1 is 0.880 bits per heavy atom. The lowest BCUT2D eigenvalue weighted by molar-refractivity contribution is -0.129. The molecule has 2 saturated carbocycles. The molecule has 2 rings (SSSR count). The molecule has 2 fully saturated rings. The summed E-state index contributed by atoms with van der Waals surface area (Å²) in [4.78, 5) is 0. The molecule has 0 aromatic rings. The van der Waals surface area contributed by atoms with E-state index in [9.17, 15) is 0 Å². The molecule has 148 valence electrons. The predicted octanol–water partition coefficient (Wildman–Crippen LogP) is 5.32. The second kappa shape index (κ2) is 10.3. The van der Waals surface area contributed by atoms with Gasteiger partial charge in [-0.1, -0.05) is 40.0 Å². The van der Waals surface area contributed by atoms with Crippen LogP contribution in [-0.4, -0.2) is 40.1 Å². The molecule has 3 unspecified atom stereocenters. The Labute approximate surface area is 156 Å². The van der Waals surface area contributed by atoms with Gasteiger partial charge in [0, 0.05) is 19.6 Å². The third-order valence-electron chi connectivity index (χ3n) is 6.87. The molecule has 2 aliphatic carbocycles. The first-order valence-electron chi connectivity index (χ1n) is 10.6. The number of methoxy groups -OCH3 is 2. The van der Waals surface area contributed by atoms with Crippen LogP contribution < -0.4 is 0 Å². The molecular formula is C22H42O3. The molecule has 0 radical (unpaired) electrons. The Kier molecular flexibility index (Phi) is 8.71. The van der Waals surface area contributed by atoms with Gasteiger partial charge in [-0.25, -0.2) is 0 Å². The zero-order chi connectivity index (χ0) is 18.3. The Morgan fingerprint density at radius 2 is 1.52 bits per heavy atom. The first kappa shape index (κ1) is 21.2. The number of rotatable bonds is 9. The van der Waals surface area contributed by atoms with Crippen molar-refractivity contribution >= 4 is 0 Å². The Morgan fingerprint density at radius 3 is 2.08 bits per heavy atom.